The predicted molar refractivity (Wildman–Crippen MR) is 79.0 cm³/mol. The first-order chi connectivity index (χ1) is 8.99. The summed E-state index contributed by atoms with van der Waals surface area (Å²) in [6, 6.07) is 0.331. The summed E-state index contributed by atoms with van der Waals surface area (Å²) in [4.78, 5) is 11.3. The number of halogens is 1. The Labute approximate surface area is 122 Å². The summed E-state index contributed by atoms with van der Waals surface area (Å²) >= 11 is 8.03. The van der Waals surface area contributed by atoms with Crippen LogP contribution in [-0.4, -0.2) is 35.8 Å². The maximum atomic E-state index is 6.13. The fourth-order valence-corrected chi connectivity index (χ4v) is 3.92. The van der Waals surface area contributed by atoms with Gasteiger partial charge in [-0.15, -0.1) is 11.8 Å². The number of fused-ring (bicyclic) bond motifs is 1. The van der Waals surface area contributed by atoms with E-state index in [1.54, 1.807) is 0 Å². The van der Waals surface area contributed by atoms with Crippen LogP contribution in [0, 0.1) is 0 Å². The summed E-state index contributed by atoms with van der Waals surface area (Å²) in [5.41, 5.74) is 2.33. The van der Waals surface area contributed by atoms with Gasteiger partial charge >= 0.3 is 0 Å². The molecule has 0 radical (unpaired) electrons. The zero-order valence-electron chi connectivity index (χ0n) is 11.4. The van der Waals surface area contributed by atoms with Crippen LogP contribution in [0.5, 0.6) is 0 Å². The van der Waals surface area contributed by atoms with E-state index in [0.717, 1.165) is 37.0 Å². The Morgan fingerprint density at radius 2 is 2.21 bits per heavy atom. The van der Waals surface area contributed by atoms with Crippen molar-refractivity contribution < 1.29 is 4.74 Å². The van der Waals surface area contributed by atoms with Gasteiger partial charge < -0.3 is 9.64 Å². The standard InChI is InChI=1S/C13H18ClN3OS/c1-8-6-18-5-4-17(8)11-9-7-19-13(2,3)10(9)15-12(14)16-11/h8H,4-7H2,1-3H3/t8-/m1/s1. The molecular weight excluding hydrogens is 282 g/mol. The summed E-state index contributed by atoms with van der Waals surface area (Å²) in [6.07, 6.45) is 0. The average Bonchev–Trinajstić information content (AvgIpc) is 2.65. The third-order valence-electron chi connectivity index (χ3n) is 3.75. The summed E-state index contributed by atoms with van der Waals surface area (Å²) in [7, 11) is 0. The van der Waals surface area contributed by atoms with E-state index in [1.807, 2.05) is 11.8 Å². The summed E-state index contributed by atoms with van der Waals surface area (Å²) in [5.74, 6) is 1.96. The molecule has 0 bridgehead atoms. The molecular formula is C13H18ClN3OS. The van der Waals surface area contributed by atoms with E-state index in [4.69, 9.17) is 16.3 Å². The van der Waals surface area contributed by atoms with Gasteiger partial charge in [0.1, 0.15) is 5.82 Å². The molecule has 6 heteroatoms. The fraction of sp³-hybridized carbons (Fsp3) is 0.692. The topological polar surface area (TPSA) is 38.2 Å². The molecule has 1 aromatic rings. The predicted octanol–water partition coefficient (Wildman–Crippen LogP) is 2.84. The molecule has 1 saturated heterocycles. The molecule has 1 atom stereocenters. The molecule has 0 N–H and O–H groups in total. The van der Waals surface area contributed by atoms with Gasteiger partial charge in [-0.2, -0.15) is 0 Å². The fourth-order valence-electron chi connectivity index (χ4n) is 2.68. The highest BCUT2D eigenvalue weighted by Crippen LogP contribution is 2.48. The molecule has 19 heavy (non-hydrogen) atoms. The van der Waals surface area contributed by atoms with Crippen molar-refractivity contribution in [1.29, 1.82) is 0 Å². The number of rotatable bonds is 1. The number of thioether (sulfide) groups is 1. The van der Waals surface area contributed by atoms with E-state index in [0.29, 0.717) is 11.3 Å². The molecule has 4 nitrogen and oxygen atoms in total. The highest BCUT2D eigenvalue weighted by Gasteiger charge is 2.37. The first-order valence-corrected chi connectivity index (χ1v) is 7.90. The molecule has 0 saturated carbocycles. The van der Waals surface area contributed by atoms with Crippen LogP contribution < -0.4 is 4.90 Å². The van der Waals surface area contributed by atoms with Gasteiger partial charge in [0.25, 0.3) is 0 Å². The number of aromatic nitrogens is 2. The minimum atomic E-state index is 0.0200. The molecule has 2 aliphatic heterocycles. The van der Waals surface area contributed by atoms with Crippen molar-refractivity contribution in [3.8, 4) is 0 Å². The SMILES string of the molecule is C[C@@H]1COCCN1c1nc(Cl)nc2c1CSC2(C)C. The Morgan fingerprint density at radius 3 is 2.95 bits per heavy atom. The second-order valence-corrected chi connectivity index (χ2v) is 7.50. The maximum Gasteiger partial charge on any atom is 0.224 e. The lowest BCUT2D eigenvalue weighted by atomic mass is 10.0. The molecule has 0 aromatic carbocycles. The van der Waals surface area contributed by atoms with E-state index < -0.39 is 0 Å². The third-order valence-corrected chi connectivity index (χ3v) is 5.26. The van der Waals surface area contributed by atoms with Gasteiger partial charge in [-0.3, -0.25) is 0 Å². The molecule has 1 aromatic heterocycles. The number of nitrogens with zero attached hydrogens (tertiary/aromatic N) is 3. The minimum Gasteiger partial charge on any atom is -0.377 e. The van der Waals surface area contributed by atoms with Crippen molar-refractivity contribution >= 4 is 29.2 Å². The van der Waals surface area contributed by atoms with Crippen LogP contribution in [-0.2, 0) is 15.2 Å². The quantitative estimate of drug-likeness (QED) is 0.746. The third kappa shape index (κ3) is 2.32. The molecule has 3 rings (SSSR count). The Bertz CT molecular complexity index is 509. The molecule has 104 valence electrons. The van der Waals surface area contributed by atoms with Gasteiger partial charge in [0.2, 0.25) is 5.28 Å². The van der Waals surface area contributed by atoms with Gasteiger partial charge in [0.15, 0.2) is 0 Å². The molecule has 1 fully saturated rings. The largest absolute Gasteiger partial charge is 0.377 e. The summed E-state index contributed by atoms with van der Waals surface area (Å²) < 4.78 is 5.52. The highest BCUT2D eigenvalue weighted by molar-refractivity contribution is 7.99. The molecule has 0 aliphatic carbocycles. The minimum absolute atomic E-state index is 0.0200. The normalized spacial score (nSPS) is 25.5. The van der Waals surface area contributed by atoms with Crippen LogP contribution in [0.2, 0.25) is 5.28 Å². The number of morpholine rings is 1. The van der Waals surface area contributed by atoms with Crippen LogP contribution in [0.1, 0.15) is 32.0 Å². The first kappa shape index (κ1) is 13.5. The van der Waals surface area contributed by atoms with Crippen LogP contribution in [0.15, 0.2) is 0 Å². The molecule has 0 spiro atoms. The number of hydrogen-bond donors (Lipinski definition) is 0. The Kier molecular flexibility index (Phi) is 3.39. The lowest BCUT2D eigenvalue weighted by Gasteiger charge is -2.35. The van der Waals surface area contributed by atoms with Crippen LogP contribution >= 0.6 is 23.4 Å². The lowest BCUT2D eigenvalue weighted by molar-refractivity contribution is 0.0984. The van der Waals surface area contributed by atoms with Gasteiger partial charge in [-0.25, -0.2) is 9.97 Å². The van der Waals surface area contributed by atoms with Crippen molar-refractivity contribution in [3.63, 3.8) is 0 Å². The number of hydrogen-bond acceptors (Lipinski definition) is 5. The zero-order valence-corrected chi connectivity index (χ0v) is 13.0. The Hall–Kier alpha value is -0.520. The highest BCUT2D eigenvalue weighted by atomic mass is 35.5. The van der Waals surface area contributed by atoms with E-state index in [9.17, 15) is 0 Å². The van der Waals surface area contributed by atoms with Gasteiger partial charge in [-0.1, -0.05) is 0 Å². The number of anilines is 1. The molecule has 3 heterocycles. The van der Waals surface area contributed by atoms with E-state index in [-0.39, 0.29) is 4.75 Å². The lowest BCUT2D eigenvalue weighted by Crippen LogP contribution is -2.44. The van der Waals surface area contributed by atoms with Crippen LogP contribution in [0.3, 0.4) is 0 Å². The molecule has 0 unspecified atom stereocenters. The van der Waals surface area contributed by atoms with Gasteiger partial charge in [-0.05, 0) is 32.4 Å². The molecule has 2 aliphatic rings. The Balaban J connectivity index is 2.07. The van der Waals surface area contributed by atoms with Crippen molar-refractivity contribution in [2.24, 2.45) is 0 Å². The second-order valence-electron chi connectivity index (χ2n) is 5.56. The maximum absolute atomic E-state index is 6.13. The number of ether oxygens (including phenoxy) is 1. The molecule has 0 amide bonds. The zero-order chi connectivity index (χ0) is 13.6. The first-order valence-electron chi connectivity index (χ1n) is 6.54. The van der Waals surface area contributed by atoms with Crippen molar-refractivity contribution in [3.05, 3.63) is 16.5 Å². The van der Waals surface area contributed by atoms with E-state index in [1.165, 1.54) is 5.56 Å². The Morgan fingerprint density at radius 1 is 1.42 bits per heavy atom. The van der Waals surface area contributed by atoms with Crippen LogP contribution in [0.25, 0.3) is 0 Å². The van der Waals surface area contributed by atoms with Crippen molar-refractivity contribution in [2.45, 2.75) is 37.3 Å². The van der Waals surface area contributed by atoms with Gasteiger partial charge in [0.05, 0.1) is 29.7 Å². The van der Waals surface area contributed by atoms with E-state index in [2.05, 4.69) is 35.6 Å². The van der Waals surface area contributed by atoms with E-state index >= 15 is 0 Å². The average molecular weight is 300 g/mol. The van der Waals surface area contributed by atoms with Gasteiger partial charge in [0, 0.05) is 17.9 Å². The second kappa shape index (κ2) is 4.79. The monoisotopic (exact) mass is 299 g/mol. The summed E-state index contributed by atoms with van der Waals surface area (Å²) in [5, 5.41) is 0.350. The van der Waals surface area contributed by atoms with Crippen molar-refractivity contribution in [1.82, 2.24) is 9.97 Å². The van der Waals surface area contributed by atoms with Crippen LogP contribution in [0.4, 0.5) is 5.82 Å². The smallest absolute Gasteiger partial charge is 0.224 e. The summed E-state index contributed by atoms with van der Waals surface area (Å²) in [6.45, 7) is 8.91. The van der Waals surface area contributed by atoms with Crippen molar-refractivity contribution in [2.75, 3.05) is 24.7 Å².